The molecule has 1 N–H and O–H groups in total. The smallest absolute Gasteiger partial charge is 0.159 e. The first kappa shape index (κ1) is 59.5. The molecule has 1 heterocycles. The highest BCUT2D eigenvalue weighted by atomic mass is 16.3. The van der Waals surface area contributed by atoms with Gasteiger partial charge in [0.05, 0.1) is 22.7 Å². The van der Waals surface area contributed by atoms with Crippen molar-refractivity contribution < 1.29 is 9.52 Å². The van der Waals surface area contributed by atoms with Crippen LogP contribution in [0.15, 0.2) is 199 Å². The number of nitrogens with zero attached hydrogens (tertiary/aromatic N) is 2. The standard InChI is InChI=1S/C87H86N2O2/c1-11-64-81(89(80-49-56(7)43-45-58(80)9)78-41-25-39-73-72-38-23-37-71(86(72)91-87(73)78)69-35-21-19-33-66(69)54(4)5)52-76(61-28-16-13-17-29-61)70-46-47-74-82(51-75(59(10)83(74)84(64)70)60-26-14-12-15-27-60)88(79-48-55(6)42-44-57(79)8)77-40-24-36-68(85(77)90)63-31-22-30-62(50-63)67-34-20-18-32-65(67)53(2)3/h11,18-25,30-54,60-61,90H,1,12-17,26-29H2,2-10H3. The van der Waals surface area contributed by atoms with E-state index in [0.717, 1.165) is 126 Å². The van der Waals surface area contributed by atoms with Gasteiger partial charge in [0.1, 0.15) is 11.3 Å². The average Bonchev–Trinajstić information content (AvgIpc) is 1.41. The zero-order valence-electron chi connectivity index (χ0n) is 54.8. The lowest BCUT2D eigenvalue weighted by atomic mass is 9.77. The Morgan fingerprint density at radius 3 is 1.57 bits per heavy atom. The Balaban J connectivity index is 1.08. The molecule has 0 saturated heterocycles. The first-order valence-corrected chi connectivity index (χ1v) is 33.8. The van der Waals surface area contributed by atoms with Gasteiger partial charge in [0.2, 0.25) is 0 Å². The number of benzene rings is 11. The van der Waals surface area contributed by atoms with Crippen LogP contribution in [0, 0.1) is 34.6 Å². The molecule has 4 nitrogen and oxygen atoms in total. The van der Waals surface area contributed by atoms with Crippen molar-refractivity contribution in [3.63, 3.8) is 0 Å². The maximum Gasteiger partial charge on any atom is 0.159 e. The average molecular weight is 1190 g/mol. The molecule has 2 aliphatic carbocycles. The van der Waals surface area contributed by atoms with Crippen molar-refractivity contribution in [3.8, 4) is 39.1 Å². The molecule has 2 saturated carbocycles. The van der Waals surface area contributed by atoms with Crippen molar-refractivity contribution in [2.45, 2.75) is 150 Å². The van der Waals surface area contributed by atoms with E-state index in [1.807, 2.05) is 0 Å². The largest absolute Gasteiger partial charge is 0.505 e. The molecule has 91 heavy (non-hydrogen) atoms. The van der Waals surface area contributed by atoms with E-state index in [1.54, 1.807) is 0 Å². The van der Waals surface area contributed by atoms with Gasteiger partial charge in [-0.1, -0.05) is 224 Å². The molecule has 4 heteroatoms. The number of furan rings is 1. The number of aromatic hydroxyl groups is 1. The number of para-hydroxylation sites is 3. The van der Waals surface area contributed by atoms with Crippen LogP contribution in [0.3, 0.4) is 0 Å². The molecule has 14 rings (SSSR count). The molecule has 0 unspecified atom stereocenters. The Morgan fingerprint density at radius 2 is 0.923 bits per heavy atom. The summed E-state index contributed by atoms with van der Waals surface area (Å²) in [7, 11) is 0. The van der Waals surface area contributed by atoms with Crippen LogP contribution in [0.2, 0.25) is 0 Å². The highest BCUT2D eigenvalue weighted by Gasteiger charge is 2.32. The van der Waals surface area contributed by atoms with Crippen LogP contribution < -0.4 is 9.80 Å². The lowest BCUT2D eigenvalue weighted by molar-refractivity contribution is 0.443. The van der Waals surface area contributed by atoms with Gasteiger partial charge in [-0.2, -0.15) is 0 Å². The van der Waals surface area contributed by atoms with E-state index < -0.39 is 0 Å². The fourth-order valence-corrected chi connectivity index (χ4v) is 16.0. The minimum atomic E-state index is 0.250. The highest BCUT2D eigenvalue weighted by Crippen LogP contribution is 2.55. The second kappa shape index (κ2) is 24.6. The Hall–Kier alpha value is -9.12. The Labute approximate surface area is 539 Å². The Bertz CT molecular complexity index is 4790. The van der Waals surface area contributed by atoms with Crippen LogP contribution in [0.25, 0.3) is 82.9 Å². The molecule has 0 radical (unpaired) electrons. The number of hydrogen-bond donors (Lipinski definition) is 1. The van der Waals surface area contributed by atoms with Gasteiger partial charge in [0, 0.05) is 44.2 Å². The number of anilines is 6. The first-order chi connectivity index (χ1) is 44.3. The molecule has 0 bridgehead atoms. The molecule has 1 aromatic heterocycles. The van der Waals surface area contributed by atoms with Crippen LogP contribution in [0.4, 0.5) is 34.1 Å². The molecule has 11 aromatic carbocycles. The molecule has 0 atom stereocenters. The van der Waals surface area contributed by atoms with E-state index in [-0.39, 0.29) is 5.75 Å². The third kappa shape index (κ3) is 10.6. The van der Waals surface area contributed by atoms with E-state index in [9.17, 15) is 5.11 Å². The second-order valence-corrected chi connectivity index (χ2v) is 27.2. The molecule has 2 aliphatic rings. The second-order valence-electron chi connectivity index (χ2n) is 27.2. The number of fused-ring (bicyclic) bond motifs is 6. The summed E-state index contributed by atoms with van der Waals surface area (Å²) in [6.45, 7) is 25.3. The molecule has 2 fully saturated rings. The minimum Gasteiger partial charge on any atom is -0.505 e. The van der Waals surface area contributed by atoms with E-state index in [2.05, 4.69) is 266 Å². The number of phenolic OH excluding ortho intramolecular Hbond substituents is 1. The lowest BCUT2D eigenvalue weighted by Crippen LogP contribution is -2.16. The van der Waals surface area contributed by atoms with Gasteiger partial charge < -0.3 is 19.3 Å². The van der Waals surface area contributed by atoms with Crippen LogP contribution in [0.1, 0.15) is 171 Å². The number of aryl methyl sites for hydroxylation is 5. The molecule has 12 aromatic rings. The lowest BCUT2D eigenvalue weighted by Gasteiger charge is -2.34. The van der Waals surface area contributed by atoms with Crippen LogP contribution >= 0.6 is 0 Å². The van der Waals surface area contributed by atoms with Gasteiger partial charge in [0.25, 0.3) is 0 Å². The van der Waals surface area contributed by atoms with Crippen molar-refractivity contribution in [1.82, 2.24) is 0 Å². The van der Waals surface area contributed by atoms with Crippen molar-refractivity contribution in [2.75, 3.05) is 9.80 Å². The third-order valence-electron chi connectivity index (χ3n) is 20.7. The van der Waals surface area contributed by atoms with Crippen molar-refractivity contribution in [2.24, 2.45) is 0 Å². The van der Waals surface area contributed by atoms with Crippen molar-refractivity contribution in [3.05, 3.63) is 250 Å². The van der Waals surface area contributed by atoms with Gasteiger partial charge in [-0.3, -0.25) is 0 Å². The van der Waals surface area contributed by atoms with Gasteiger partial charge in [-0.15, -0.1) is 0 Å². The van der Waals surface area contributed by atoms with E-state index in [0.29, 0.717) is 23.7 Å². The van der Waals surface area contributed by atoms with Crippen LogP contribution in [-0.2, 0) is 0 Å². The minimum absolute atomic E-state index is 0.250. The number of hydrogen-bond acceptors (Lipinski definition) is 4. The molecule has 0 amide bonds. The summed E-state index contributed by atoms with van der Waals surface area (Å²) < 4.78 is 7.51. The quantitative estimate of drug-likeness (QED) is 0.110. The first-order valence-electron chi connectivity index (χ1n) is 33.8. The van der Waals surface area contributed by atoms with Gasteiger partial charge in [0.15, 0.2) is 5.58 Å². The van der Waals surface area contributed by atoms with Crippen LogP contribution in [0.5, 0.6) is 5.75 Å². The van der Waals surface area contributed by atoms with Gasteiger partial charge in [-0.05, 0) is 215 Å². The third-order valence-corrected chi connectivity index (χ3v) is 20.7. The number of phenols is 1. The molecular formula is C87H86N2O2. The maximum absolute atomic E-state index is 13.4. The Morgan fingerprint density at radius 1 is 0.418 bits per heavy atom. The Kier molecular flexibility index (Phi) is 16.1. The topological polar surface area (TPSA) is 39.9 Å². The summed E-state index contributed by atoms with van der Waals surface area (Å²) >= 11 is 0. The van der Waals surface area contributed by atoms with E-state index >= 15 is 0 Å². The number of rotatable bonds is 14. The summed E-state index contributed by atoms with van der Waals surface area (Å²) in [5.41, 5.74) is 26.7. The van der Waals surface area contributed by atoms with Crippen molar-refractivity contribution >= 4 is 83.7 Å². The normalized spacial score (nSPS) is 14.2. The van der Waals surface area contributed by atoms with Gasteiger partial charge in [-0.25, -0.2) is 0 Å². The molecule has 0 spiro atoms. The molecular weight excluding hydrogens is 1100 g/mol. The zero-order valence-corrected chi connectivity index (χ0v) is 54.8. The predicted molar refractivity (Wildman–Crippen MR) is 390 cm³/mol. The highest BCUT2D eigenvalue weighted by molar-refractivity contribution is 6.21. The SMILES string of the molecule is C=Cc1c(N(c2cc(C)ccc2C)c2cccc3c2oc2c(-c4ccccc4C(C)C)cccc23)cc(C2CCCCC2)c2ccc3c(N(c4cc(C)ccc4C)c4cccc(-c5cccc(-c6ccccc6C(C)C)c5)c4O)cc(C4CCCCC4)c(C)c3c12. The van der Waals surface area contributed by atoms with Crippen LogP contribution in [-0.4, -0.2) is 5.11 Å². The molecule has 0 aliphatic heterocycles. The van der Waals surface area contributed by atoms with E-state index in [4.69, 9.17) is 11.0 Å². The summed E-state index contributed by atoms with van der Waals surface area (Å²) in [6.07, 6.45) is 14.0. The fourth-order valence-electron chi connectivity index (χ4n) is 16.0. The van der Waals surface area contributed by atoms with E-state index in [1.165, 1.54) is 105 Å². The van der Waals surface area contributed by atoms with Gasteiger partial charge >= 0.3 is 0 Å². The summed E-state index contributed by atoms with van der Waals surface area (Å²) in [5.74, 6) is 1.68. The fraction of sp³-hybridized carbons (Fsp3) is 0.264. The maximum atomic E-state index is 13.4. The zero-order chi connectivity index (χ0) is 62.8. The predicted octanol–water partition coefficient (Wildman–Crippen LogP) is 26.1. The summed E-state index contributed by atoms with van der Waals surface area (Å²) in [5, 5.41) is 20.5. The molecule has 456 valence electrons. The summed E-state index contributed by atoms with van der Waals surface area (Å²) in [6, 6.07) is 69.8. The monoisotopic (exact) mass is 1190 g/mol. The summed E-state index contributed by atoms with van der Waals surface area (Å²) in [4.78, 5) is 4.96. The van der Waals surface area contributed by atoms with Crippen molar-refractivity contribution in [1.29, 1.82) is 0 Å².